The number of hydrogen-bond acceptors (Lipinski definition) is 6. The summed E-state index contributed by atoms with van der Waals surface area (Å²) in [6, 6.07) is 8.21. The number of H-pyrrole nitrogens is 1. The van der Waals surface area contributed by atoms with Crippen LogP contribution in [-0.4, -0.2) is 36.1 Å². The molecular formula is C20H21N3O3S. The predicted octanol–water partition coefficient (Wildman–Crippen LogP) is 3.35. The zero-order valence-corrected chi connectivity index (χ0v) is 16.1. The second-order valence-corrected chi connectivity index (χ2v) is 7.77. The first-order valence-corrected chi connectivity index (χ1v) is 9.86. The number of esters is 1. The van der Waals surface area contributed by atoms with Crippen LogP contribution in [0.15, 0.2) is 34.4 Å². The second kappa shape index (κ2) is 7.15. The lowest BCUT2D eigenvalue weighted by atomic mass is 9.98. The lowest BCUT2D eigenvalue weighted by molar-refractivity contribution is -0.145. The number of benzene rings is 1. The maximum Gasteiger partial charge on any atom is 0.310 e. The van der Waals surface area contributed by atoms with E-state index >= 15 is 0 Å². The summed E-state index contributed by atoms with van der Waals surface area (Å²) < 4.78 is 5.51. The monoisotopic (exact) mass is 383 g/mol. The van der Waals surface area contributed by atoms with Crippen LogP contribution < -0.4 is 10.5 Å². The minimum absolute atomic E-state index is 0.140. The number of aromatic nitrogens is 2. The van der Waals surface area contributed by atoms with Crippen LogP contribution in [0.2, 0.25) is 0 Å². The molecule has 0 spiro atoms. The minimum atomic E-state index is -0.209. The molecule has 1 aromatic carbocycles. The molecule has 1 aliphatic heterocycles. The van der Waals surface area contributed by atoms with Crippen molar-refractivity contribution < 1.29 is 9.53 Å². The van der Waals surface area contributed by atoms with E-state index in [0.717, 1.165) is 30.5 Å². The van der Waals surface area contributed by atoms with Gasteiger partial charge in [-0.25, -0.2) is 4.98 Å². The van der Waals surface area contributed by atoms with Crippen molar-refractivity contribution in [2.24, 2.45) is 5.92 Å². The largest absolute Gasteiger partial charge is 0.469 e. The Balaban J connectivity index is 1.74. The molecular weight excluding hydrogens is 362 g/mol. The zero-order valence-electron chi connectivity index (χ0n) is 15.3. The summed E-state index contributed by atoms with van der Waals surface area (Å²) in [6.07, 6.45) is 1.65. The number of methoxy groups -OCH3 is 1. The third-order valence-corrected chi connectivity index (χ3v) is 6.00. The van der Waals surface area contributed by atoms with E-state index in [1.54, 1.807) is 0 Å². The first-order valence-electron chi connectivity index (χ1n) is 8.98. The van der Waals surface area contributed by atoms with Gasteiger partial charge >= 0.3 is 5.97 Å². The molecule has 0 bridgehead atoms. The first-order chi connectivity index (χ1) is 13.1. The highest BCUT2D eigenvalue weighted by Gasteiger charge is 2.28. The van der Waals surface area contributed by atoms with Crippen molar-refractivity contribution in [3.8, 4) is 11.1 Å². The van der Waals surface area contributed by atoms with Crippen molar-refractivity contribution >= 4 is 33.5 Å². The van der Waals surface area contributed by atoms with Crippen LogP contribution in [-0.2, 0) is 9.53 Å². The molecule has 3 aromatic rings. The Morgan fingerprint density at radius 3 is 2.85 bits per heavy atom. The standard InChI is InChI=1S/C20H21N3O3S/c1-12-5-7-13(8-6-12)15-11-27-17-16(15)21-20(22-18(17)24)23-9-3-4-14(10-23)19(25)26-2/h5-8,11,14H,3-4,9-10H2,1-2H3,(H,21,22,24)/t14-/m0/s1. The Kier molecular flexibility index (Phi) is 4.70. The number of carbonyl (C=O) groups is 1. The van der Waals surface area contributed by atoms with Crippen molar-refractivity contribution in [2.75, 3.05) is 25.1 Å². The van der Waals surface area contributed by atoms with Gasteiger partial charge in [-0.05, 0) is 25.3 Å². The number of piperidine rings is 1. The summed E-state index contributed by atoms with van der Waals surface area (Å²) in [5.74, 6) is 0.121. The van der Waals surface area contributed by atoms with Crippen molar-refractivity contribution in [3.63, 3.8) is 0 Å². The molecule has 0 amide bonds. The summed E-state index contributed by atoms with van der Waals surface area (Å²) >= 11 is 1.41. The molecule has 27 heavy (non-hydrogen) atoms. The first kappa shape index (κ1) is 17.7. The van der Waals surface area contributed by atoms with E-state index in [4.69, 9.17) is 9.72 Å². The van der Waals surface area contributed by atoms with Crippen LogP contribution in [0.25, 0.3) is 21.3 Å². The van der Waals surface area contributed by atoms with Crippen LogP contribution >= 0.6 is 11.3 Å². The smallest absolute Gasteiger partial charge is 0.310 e. The van der Waals surface area contributed by atoms with E-state index in [1.165, 1.54) is 24.0 Å². The Morgan fingerprint density at radius 1 is 1.33 bits per heavy atom. The quantitative estimate of drug-likeness (QED) is 0.702. The fourth-order valence-corrected chi connectivity index (χ4v) is 4.44. The van der Waals surface area contributed by atoms with Crippen molar-refractivity contribution in [3.05, 3.63) is 45.6 Å². The van der Waals surface area contributed by atoms with Gasteiger partial charge in [0.25, 0.3) is 5.56 Å². The number of thiophene rings is 1. The van der Waals surface area contributed by atoms with Crippen LogP contribution in [0.1, 0.15) is 18.4 Å². The number of nitrogens with one attached hydrogen (secondary N) is 1. The van der Waals surface area contributed by atoms with Crippen LogP contribution in [0.5, 0.6) is 0 Å². The summed E-state index contributed by atoms with van der Waals surface area (Å²) in [5.41, 5.74) is 3.76. The van der Waals surface area contributed by atoms with Gasteiger partial charge < -0.3 is 9.64 Å². The van der Waals surface area contributed by atoms with Crippen molar-refractivity contribution in [2.45, 2.75) is 19.8 Å². The predicted molar refractivity (Wildman–Crippen MR) is 107 cm³/mol. The lowest BCUT2D eigenvalue weighted by Gasteiger charge is -2.31. The molecule has 0 aliphatic carbocycles. The number of hydrogen-bond donors (Lipinski definition) is 1. The van der Waals surface area contributed by atoms with Crippen molar-refractivity contribution in [1.29, 1.82) is 0 Å². The molecule has 1 N–H and O–H groups in total. The molecule has 2 aromatic heterocycles. The van der Waals surface area contributed by atoms with Gasteiger partial charge in [0, 0.05) is 24.0 Å². The number of nitrogens with zero attached hydrogens (tertiary/aromatic N) is 2. The van der Waals surface area contributed by atoms with Gasteiger partial charge in [-0.3, -0.25) is 14.6 Å². The molecule has 1 atom stereocenters. The van der Waals surface area contributed by atoms with Gasteiger partial charge in [-0.1, -0.05) is 29.8 Å². The van der Waals surface area contributed by atoms with Crippen LogP contribution in [0.4, 0.5) is 5.95 Å². The molecule has 0 saturated carbocycles. The molecule has 1 aliphatic rings. The normalized spacial score (nSPS) is 17.3. The molecule has 7 heteroatoms. The Morgan fingerprint density at radius 2 is 2.11 bits per heavy atom. The molecule has 3 heterocycles. The van der Waals surface area contributed by atoms with Gasteiger partial charge in [0.15, 0.2) is 0 Å². The van der Waals surface area contributed by atoms with E-state index in [1.807, 2.05) is 29.3 Å². The van der Waals surface area contributed by atoms with Crippen LogP contribution in [0.3, 0.4) is 0 Å². The third-order valence-electron chi connectivity index (χ3n) is 5.03. The summed E-state index contributed by atoms with van der Waals surface area (Å²) in [7, 11) is 1.41. The fourth-order valence-electron chi connectivity index (χ4n) is 3.53. The zero-order chi connectivity index (χ0) is 19.0. The second-order valence-electron chi connectivity index (χ2n) is 6.89. The molecule has 6 nitrogen and oxygen atoms in total. The SMILES string of the molecule is COC(=O)[C@H]1CCCN(c2nc3c(-c4ccc(C)cc4)csc3c(=O)[nH]2)C1. The maximum absolute atomic E-state index is 12.6. The minimum Gasteiger partial charge on any atom is -0.469 e. The summed E-state index contributed by atoms with van der Waals surface area (Å²) in [6.45, 7) is 3.31. The topological polar surface area (TPSA) is 75.3 Å². The van der Waals surface area contributed by atoms with Crippen molar-refractivity contribution in [1.82, 2.24) is 9.97 Å². The molecule has 4 rings (SSSR count). The molecule has 1 saturated heterocycles. The van der Waals surface area contributed by atoms with E-state index in [9.17, 15) is 9.59 Å². The van der Waals surface area contributed by atoms with Gasteiger partial charge in [0.2, 0.25) is 5.95 Å². The average Bonchev–Trinajstić information content (AvgIpc) is 3.12. The summed E-state index contributed by atoms with van der Waals surface area (Å²) in [4.78, 5) is 34.1. The summed E-state index contributed by atoms with van der Waals surface area (Å²) in [5, 5.41) is 1.98. The number of anilines is 1. The number of aryl methyl sites for hydroxylation is 1. The maximum atomic E-state index is 12.6. The molecule has 0 radical (unpaired) electrons. The number of rotatable bonds is 3. The van der Waals surface area contributed by atoms with Gasteiger partial charge in [0.1, 0.15) is 4.70 Å². The Hall–Kier alpha value is -2.67. The van der Waals surface area contributed by atoms with Gasteiger partial charge in [-0.2, -0.15) is 0 Å². The fraction of sp³-hybridized carbons (Fsp3) is 0.350. The van der Waals surface area contributed by atoms with E-state index in [2.05, 4.69) is 17.1 Å². The number of carbonyl (C=O) groups excluding carboxylic acids is 1. The van der Waals surface area contributed by atoms with E-state index in [-0.39, 0.29) is 17.4 Å². The molecule has 1 fully saturated rings. The third kappa shape index (κ3) is 3.35. The van der Waals surface area contributed by atoms with Gasteiger partial charge in [-0.15, -0.1) is 11.3 Å². The highest BCUT2D eigenvalue weighted by atomic mass is 32.1. The highest BCUT2D eigenvalue weighted by molar-refractivity contribution is 7.17. The van der Waals surface area contributed by atoms with Gasteiger partial charge in [0.05, 0.1) is 18.5 Å². The number of aromatic amines is 1. The Bertz CT molecular complexity index is 1040. The Labute approximate surface area is 160 Å². The number of fused-ring (bicyclic) bond motifs is 1. The molecule has 140 valence electrons. The highest BCUT2D eigenvalue weighted by Crippen LogP contribution is 2.32. The lowest BCUT2D eigenvalue weighted by Crippen LogP contribution is -2.40. The average molecular weight is 383 g/mol. The molecule has 0 unspecified atom stereocenters. The van der Waals surface area contributed by atoms with Crippen LogP contribution in [0, 0.1) is 12.8 Å². The van der Waals surface area contributed by atoms with E-state index < -0.39 is 0 Å². The van der Waals surface area contributed by atoms with E-state index in [0.29, 0.717) is 22.7 Å². The number of ether oxygens (including phenoxy) is 1.